The molecule has 0 radical (unpaired) electrons. The molecule has 1 aromatic carbocycles. The van der Waals surface area contributed by atoms with Gasteiger partial charge >= 0.3 is 0 Å². The summed E-state index contributed by atoms with van der Waals surface area (Å²) in [6.07, 6.45) is 2.32. The SMILES string of the molecule is CCc1ccc(OC)c(CCNC(=O)CCNC)c1. The lowest BCUT2D eigenvalue weighted by molar-refractivity contribution is -0.120. The van der Waals surface area contributed by atoms with Crippen LogP contribution in [0.5, 0.6) is 5.75 Å². The van der Waals surface area contributed by atoms with Crippen LogP contribution >= 0.6 is 0 Å². The molecule has 0 aliphatic heterocycles. The van der Waals surface area contributed by atoms with Gasteiger partial charge in [0.05, 0.1) is 7.11 Å². The maximum Gasteiger partial charge on any atom is 0.221 e. The summed E-state index contributed by atoms with van der Waals surface area (Å²) in [6.45, 7) is 3.48. The van der Waals surface area contributed by atoms with Gasteiger partial charge in [0.25, 0.3) is 0 Å². The maximum absolute atomic E-state index is 11.5. The third-order valence-electron chi connectivity index (χ3n) is 3.07. The molecule has 0 heterocycles. The van der Waals surface area contributed by atoms with Crippen LogP contribution in [-0.4, -0.2) is 33.2 Å². The van der Waals surface area contributed by atoms with Crippen LogP contribution in [0.3, 0.4) is 0 Å². The number of nitrogens with one attached hydrogen (secondary N) is 2. The Hall–Kier alpha value is -1.55. The Balaban J connectivity index is 2.49. The van der Waals surface area contributed by atoms with Crippen molar-refractivity contribution in [2.75, 3.05) is 27.2 Å². The summed E-state index contributed by atoms with van der Waals surface area (Å²) >= 11 is 0. The predicted molar refractivity (Wildman–Crippen MR) is 77.6 cm³/mol. The number of benzene rings is 1. The van der Waals surface area contributed by atoms with Crippen LogP contribution in [0.1, 0.15) is 24.5 Å². The normalized spacial score (nSPS) is 10.3. The van der Waals surface area contributed by atoms with Crippen LogP contribution in [0.25, 0.3) is 0 Å². The van der Waals surface area contributed by atoms with Crippen LogP contribution in [0, 0.1) is 0 Å². The number of aryl methyl sites for hydroxylation is 1. The second-order valence-electron chi connectivity index (χ2n) is 4.45. The fourth-order valence-corrected chi connectivity index (χ4v) is 1.91. The molecule has 4 heteroatoms. The third kappa shape index (κ3) is 5.30. The van der Waals surface area contributed by atoms with Crippen LogP contribution in [0.15, 0.2) is 18.2 Å². The van der Waals surface area contributed by atoms with Crippen molar-refractivity contribution in [3.8, 4) is 5.75 Å². The second-order valence-corrected chi connectivity index (χ2v) is 4.45. The molecule has 1 amide bonds. The van der Waals surface area contributed by atoms with Crippen molar-refractivity contribution in [1.82, 2.24) is 10.6 Å². The Morgan fingerprint density at radius 2 is 2.11 bits per heavy atom. The Kier molecular flexibility index (Phi) is 6.97. The minimum absolute atomic E-state index is 0.0833. The number of carbonyl (C=O) groups excluding carboxylic acids is 1. The minimum atomic E-state index is 0.0833. The van der Waals surface area contributed by atoms with E-state index in [1.54, 1.807) is 7.11 Å². The standard InChI is InChI=1S/C15H24N2O2/c1-4-12-5-6-14(19-3)13(11-12)7-10-17-15(18)8-9-16-2/h5-6,11,16H,4,7-10H2,1-3H3,(H,17,18). The molecule has 0 bridgehead atoms. The van der Waals surface area contributed by atoms with Crippen molar-refractivity contribution in [2.24, 2.45) is 0 Å². The fourth-order valence-electron chi connectivity index (χ4n) is 1.91. The monoisotopic (exact) mass is 264 g/mol. The summed E-state index contributed by atoms with van der Waals surface area (Å²) in [5.41, 5.74) is 2.44. The van der Waals surface area contributed by atoms with Gasteiger partial charge in [-0.3, -0.25) is 4.79 Å². The van der Waals surface area contributed by atoms with Gasteiger partial charge in [-0.1, -0.05) is 19.1 Å². The predicted octanol–water partition coefficient (Wildman–Crippen LogP) is 1.53. The van der Waals surface area contributed by atoms with Crippen molar-refractivity contribution < 1.29 is 9.53 Å². The summed E-state index contributed by atoms with van der Waals surface area (Å²) in [6, 6.07) is 6.23. The van der Waals surface area contributed by atoms with Gasteiger partial charge in [-0.05, 0) is 37.1 Å². The lowest BCUT2D eigenvalue weighted by atomic mass is 10.1. The van der Waals surface area contributed by atoms with E-state index in [9.17, 15) is 4.79 Å². The van der Waals surface area contributed by atoms with Crippen LogP contribution < -0.4 is 15.4 Å². The Bertz CT molecular complexity index is 405. The first kappa shape index (κ1) is 15.5. The topological polar surface area (TPSA) is 50.4 Å². The molecular formula is C15H24N2O2. The van der Waals surface area contributed by atoms with E-state index in [-0.39, 0.29) is 5.91 Å². The molecule has 0 saturated heterocycles. The third-order valence-corrected chi connectivity index (χ3v) is 3.07. The van der Waals surface area contributed by atoms with E-state index in [1.807, 2.05) is 13.1 Å². The Labute approximate surface area is 115 Å². The average Bonchev–Trinajstić information content (AvgIpc) is 2.44. The molecule has 106 valence electrons. The van der Waals surface area contributed by atoms with Gasteiger partial charge in [0.1, 0.15) is 5.75 Å². The number of ether oxygens (including phenoxy) is 1. The maximum atomic E-state index is 11.5. The number of amides is 1. The fraction of sp³-hybridized carbons (Fsp3) is 0.533. The van der Waals surface area contributed by atoms with E-state index in [0.717, 1.165) is 24.2 Å². The molecule has 0 aliphatic rings. The molecule has 0 fully saturated rings. The lowest BCUT2D eigenvalue weighted by Crippen LogP contribution is -2.28. The number of rotatable bonds is 8. The van der Waals surface area contributed by atoms with Crippen molar-refractivity contribution in [1.29, 1.82) is 0 Å². The highest BCUT2D eigenvalue weighted by Crippen LogP contribution is 2.20. The second kappa shape index (κ2) is 8.53. The van der Waals surface area contributed by atoms with E-state index in [0.29, 0.717) is 19.5 Å². The largest absolute Gasteiger partial charge is 0.496 e. The van der Waals surface area contributed by atoms with E-state index >= 15 is 0 Å². The highest BCUT2D eigenvalue weighted by molar-refractivity contribution is 5.76. The zero-order chi connectivity index (χ0) is 14.1. The van der Waals surface area contributed by atoms with Gasteiger partial charge in [-0.2, -0.15) is 0 Å². The highest BCUT2D eigenvalue weighted by atomic mass is 16.5. The molecule has 0 unspecified atom stereocenters. The Morgan fingerprint density at radius 1 is 1.32 bits per heavy atom. The van der Waals surface area contributed by atoms with Gasteiger partial charge in [0.15, 0.2) is 0 Å². The number of hydrogen-bond donors (Lipinski definition) is 2. The molecule has 4 nitrogen and oxygen atoms in total. The van der Waals surface area contributed by atoms with Crippen molar-refractivity contribution in [3.63, 3.8) is 0 Å². The van der Waals surface area contributed by atoms with Gasteiger partial charge in [-0.25, -0.2) is 0 Å². The lowest BCUT2D eigenvalue weighted by Gasteiger charge is -2.11. The molecule has 0 spiro atoms. The summed E-state index contributed by atoms with van der Waals surface area (Å²) in [7, 11) is 3.52. The number of carbonyl (C=O) groups is 1. The minimum Gasteiger partial charge on any atom is -0.496 e. The molecule has 0 atom stereocenters. The summed E-state index contributed by atoms with van der Waals surface area (Å²) in [4.78, 5) is 11.5. The Morgan fingerprint density at radius 3 is 2.74 bits per heavy atom. The van der Waals surface area contributed by atoms with Crippen LogP contribution in [0.4, 0.5) is 0 Å². The molecule has 0 aliphatic carbocycles. The van der Waals surface area contributed by atoms with Gasteiger partial charge in [-0.15, -0.1) is 0 Å². The van der Waals surface area contributed by atoms with Crippen molar-refractivity contribution in [2.45, 2.75) is 26.2 Å². The first-order valence-corrected chi connectivity index (χ1v) is 6.78. The summed E-state index contributed by atoms with van der Waals surface area (Å²) < 4.78 is 5.34. The quantitative estimate of drug-likeness (QED) is 0.748. The molecule has 1 aromatic rings. The van der Waals surface area contributed by atoms with Gasteiger partial charge < -0.3 is 15.4 Å². The van der Waals surface area contributed by atoms with Crippen molar-refractivity contribution in [3.05, 3.63) is 29.3 Å². The molecule has 19 heavy (non-hydrogen) atoms. The first-order valence-electron chi connectivity index (χ1n) is 6.78. The molecular weight excluding hydrogens is 240 g/mol. The molecule has 0 aromatic heterocycles. The molecule has 2 N–H and O–H groups in total. The number of hydrogen-bond acceptors (Lipinski definition) is 3. The van der Waals surface area contributed by atoms with E-state index in [1.165, 1.54) is 5.56 Å². The van der Waals surface area contributed by atoms with Crippen LogP contribution in [-0.2, 0) is 17.6 Å². The van der Waals surface area contributed by atoms with E-state index in [4.69, 9.17) is 4.74 Å². The zero-order valence-corrected chi connectivity index (χ0v) is 12.1. The zero-order valence-electron chi connectivity index (χ0n) is 12.1. The molecule has 0 saturated carbocycles. The average molecular weight is 264 g/mol. The molecule has 1 rings (SSSR count). The van der Waals surface area contributed by atoms with Gasteiger partial charge in [0, 0.05) is 19.5 Å². The number of methoxy groups -OCH3 is 1. The highest BCUT2D eigenvalue weighted by Gasteiger charge is 2.05. The summed E-state index contributed by atoms with van der Waals surface area (Å²) in [5, 5.41) is 5.88. The van der Waals surface area contributed by atoms with E-state index < -0.39 is 0 Å². The smallest absolute Gasteiger partial charge is 0.221 e. The first-order chi connectivity index (χ1) is 9.21. The van der Waals surface area contributed by atoms with Crippen LogP contribution in [0.2, 0.25) is 0 Å². The summed E-state index contributed by atoms with van der Waals surface area (Å²) in [5.74, 6) is 0.974. The van der Waals surface area contributed by atoms with Gasteiger partial charge in [0.2, 0.25) is 5.91 Å². The van der Waals surface area contributed by atoms with E-state index in [2.05, 4.69) is 29.7 Å². The van der Waals surface area contributed by atoms with Crippen molar-refractivity contribution >= 4 is 5.91 Å².